The van der Waals surface area contributed by atoms with E-state index in [1.807, 2.05) is 0 Å². The number of likely N-dealkylation sites (tertiary alicyclic amines) is 1. The van der Waals surface area contributed by atoms with Crippen LogP contribution >= 0.6 is 15.9 Å². The first-order valence-electron chi connectivity index (χ1n) is 8.51. The average Bonchev–Trinajstić information content (AvgIpc) is 3.04. The Bertz CT molecular complexity index is 407. The second-order valence-electron chi connectivity index (χ2n) is 7.42. The van der Waals surface area contributed by atoms with Gasteiger partial charge in [0.2, 0.25) is 11.8 Å². The van der Waals surface area contributed by atoms with Crippen molar-refractivity contribution in [2.75, 3.05) is 11.9 Å². The van der Waals surface area contributed by atoms with Crippen molar-refractivity contribution in [1.29, 1.82) is 0 Å². The van der Waals surface area contributed by atoms with Crippen molar-refractivity contribution in [2.45, 2.75) is 58.3 Å². The first-order chi connectivity index (χ1) is 10.1. The third kappa shape index (κ3) is 2.69. The van der Waals surface area contributed by atoms with Crippen molar-refractivity contribution in [3.8, 4) is 0 Å². The second kappa shape index (κ2) is 6.02. The lowest BCUT2D eigenvalue weighted by Gasteiger charge is -2.38. The van der Waals surface area contributed by atoms with Gasteiger partial charge in [0, 0.05) is 11.9 Å². The Hall–Kier alpha value is -0.380. The SMILES string of the molecule is CCC1CC2C(=O)N(CC3(CBr)CCCCC3)C(=O)C2C1. The van der Waals surface area contributed by atoms with E-state index in [2.05, 4.69) is 22.9 Å². The number of carbonyl (C=O) groups is 2. The maximum atomic E-state index is 12.7. The first kappa shape index (κ1) is 15.5. The summed E-state index contributed by atoms with van der Waals surface area (Å²) in [6.07, 6.45) is 9.00. The van der Waals surface area contributed by atoms with Gasteiger partial charge in [-0.3, -0.25) is 14.5 Å². The Balaban J connectivity index is 1.72. The number of fused-ring (bicyclic) bond motifs is 1. The van der Waals surface area contributed by atoms with Gasteiger partial charge in [-0.1, -0.05) is 48.5 Å². The van der Waals surface area contributed by atoms with Crippen LogP contribution in [0.4, 0.5) is 0 Å². The van der Waals surface area contributed by atoms with Gasteiger partial charge in [0.05, 0.1) is 11.8 Å². The zero-order valence-corrected chi connectivity index (χ0v) is 14.5. The first-order valence-corrected chi connectivity index (χ1v) is 9.63. The average molecular weight is 356 g/mol. The molecule has 0 aromatic heterocycles. The summed E-state index contributed by atoms with van der Waals surface area (Å²) in [5, 5.41) is 0.907. The van der Waals surface area contributed by atoms with E-state index in [-0.39, 0.29) is 29.1 Å². The molecule has 118 valence electrons. The van der Waals surface area contributed by atoms with E-state index in [1.165, 1.54) is 19.3 Å². The molecule has 3 aliphatic rings. The van der Waals surface area contributed by atoms with Crippen LogP contribution in [0, 0.1) is 23.2 Å². The molecule has 0 radical (unpaired) electrons. The van der Waals surface area contributed by atoms with E-state index in [1.54, 1.807) is 4.90 Å². The molecule has 0 aromatic rings. The standard InChI is InChI=1S/C17H26BrNO2/c1-2-12-8-13-14(9-12)16(21)19(15(13)20)11-17(10-18)6-4-3-5-7-17/h12-14H,2-11H2,1H3. The number of hydrogen-bond acceptors (Lipinski definition) is 2. The Morgan fingerprint density at radius 1 is 1.10 bits per heavy atom. The molecule has 2 saturated carbocycles. The summed E-state index contributed by atoms with van der Waals surface area (Å²) in [5.41, 5.74) is 0.131. The zero-order chi connectivity index (χ0) is 15.0. The molecule has 3 nitrogen and oxygen atoms in total. The molecule has 2 atom stereocenters. The summed E-state index contributed by atoms with van der Waals surface area (Å²) >= 11 is 3.65. The van der Waals surface area contributed by atoms with Gasteiger partial charge in [0.25, 0.3) is 0 Å². The molecule has 21 heavy (non-hydrogen) atoms. The molecular formula is C17H26BrNO2. The maximum absolute atomic E-state index is 12.7. The molecule has 3 rings (SSSR count). The zero-order valence-electron chi connectivity index (χ0n) is 12.9. The molecule has 2 aliphatic carbocycles. The minimum atomic E-state index is -0.00147. The third-order valence-corrected chi connectivity index (χ3v) is 7.28. The van der Waals surface area contributed by atoms with Gasteiger partial charge < -0.3 is 0 Å². The highest BCUT2D eigenvalue weighted by molar-refractivity contribution is 9.09. The number of rotatable bonds is 4. The lowest BCUT2D eigenvalue weighted by molar-refractivity contribution is -0.142. The second-order valence-corrected chi connectivity index (χ2v) is 7.98. The van der Waals surface area contributed by atoms with Crippen LogP contribution in [0.2, 0.25) is 0 Å². The molecule has 3 fully saturated rings. The van der Waals surface area contributed by atoms with E-state index in [9.17, 15) is 9.59 Å². The molecule has 4 heteroatoms. The smallest absolute Gasteiger partial charge is 0.233 e. The van der Waals surface area contributed by atoms with Gasteiger partial charge in [-0.15, -0.1) is 0 Å². The number of carbonyl (C=O) groups excluding carboxylic acids is 2. The minimum absolute atomic E-state index is 0.00147. The maximum Gasteiger partial charge on any atom is 0.233 e. The van der Waals surface area contributed by atoms with Crippen molar-refractivity contribution in [2.24, 2.45) is 23.2 Å². The number of alkyl halides is 1. The van der Waals surface area contributed by atoms with Gasteiger partial charge >= 0.3 is 0 Å². The summed E-state index contributed by atoms with van der Waals surface area (Å²) in [7, 11) is 0. The molecule has 1 saturated heterocycles. The van der Waals surface area contributed by atoms with E-state index in [4.69, 9.17) is 0 Å². The van der Waals surface area contributed by atoms with Gasteiger partial charge in [-0.2, -0.15) is 0 Å². The lowest BCUT2D eigenvalue weighted by atomic mass is 9.75. The predicted molar refractivity (Wildman–Crippen MR) is 86.0 cm³/mol. The molecule has 2 unspecified atom stereocenters. The van der Waals surface area contributed by atoms with Gasteiger partial charge in [-0.25, -0.2) is 0 Å². The fourth-order valence-corrected chi connectivity index (χ4v) is 5.40. The van der Waals surface area contributed by atoms with Crippen LogP contribution in [0.15, 0.2) is 0 Å². The summed E-state index contributed by atoms with van der Waals surface area (Å²) in [5.74, 6) is 0.838. The quantitative estimate of drug-likeness (QED) is 0.568. The molecular weight excluding hydrogens is 330 g/mol. The van der Waals surface area contributed by atoms with Crippen molar-refractivity contribution >= 4 is 27.7 Å². The Morgan fingerprint density at radius 3 is 2.14 bits per heavy atom. The van der Waals surface area contributed by atoms with E-state index in [0.29, 0.717) is 12.5 Å². The number of hydrogen-bond donors (Lipinski definition) is 0. The minimum Gasteiger partial charge on any atom is -0.282 e. The molecule has 1 heterocycles. The van der Waals surface area contributed by atoms with E-state index in [0.717, 1.165) is 37.4 Å². The number of halogens is 1. The van der Waals surface area contributed by atoms with Gasteiger partial charge in [0.1, 0.15) is 0 Å². The summed E-state index contributed by atoms with van der Waals surface area (Å²) < 4.78 is 0. The summed E-state index contributed by atoms with van der Waals surface area (Å²) in [4.78, 5) is 27.0. The highest BCUT2D eigenvalue weighted by Crippen LogP contribution is 2.46. The van der Waals surface area contributed by atoms with E-state index < -0.39 is 0 Å². The summed E-state index contributed by atoms with van der Waals surface area (Å²) in [6, 6.07) is 0. The van der Waals surface area contributed by atoms with Crippen LogP contribution in [-0.4, -0.2) is 28.6 Å². The molecule has 2 amide bonds. The van der Waals surface area contributed by atoms with Gasteiger partial charge in [-0.05, 0) is 37.0 Å². The molecule has 0 spiro atoms. The lowest BCUT2D eigenvalue weighted by Crippen LogP contribution is -2.44. The fourth-order valence-electron chi connectivity index (χ4n) is 4.66. The molecule has 0 aromatic carbocycles. The Kier molecular flexibility index (Phi) is 4.45. The van der Waals surface area contributed by atoms with Crippen molar-refractivity contribution in [3.05, 3.63) is 0 Å². The number of amides is 2. The molecule has 0 N–H and O–H groups in total. The van der Waals surface area contributed by atoms with Crippen LogP contribution in [0.3, 0.4) is 0 Å². The van der Waals surface area contributed by atoms with Crippen LogP contribution in [0.1, 0.15) is 58.3 Å². The van der Waals surface area contributed by atoms with Crippen LogP contribution < -0.4 is 0 Å². The molecule has 0 bridgehead atoms. The fraction of sp³-hybridized carbons (Fsp3) is 0.882. The number of nitrogens with zero attached hydrogens (tertiary/aromatic N) is 1. The predicted octanol–water partition coefficient (Wildman–Crippen LogP) is 3.75. The summed E-state index contributed by atoms with van der Waals surface area (Å²) in [6.45, 7) is 2.82. The van der Waals surface area contributed by atoms with Crippen molar-refractivity contribution in [1.82, 2.24) is 4.90 Å². The normalized spacial score (nSPS) is 35.3. The van der Waals surface area contributed by atoms with Crippen LogP contribution in [0.5, 0.6) is 0 Å². The van der Waals surface area contributed by atoms with Crippen molar-refractivity contribution < 1.29 is 9.59 Å². The van der Waals surface area contributed by atoms with Crippen molar-refractivity contribution in [3.63, 3.8) is 0 Å². The van der Waals surface area contributed by atoms with E-state index >= 15 is 0 Å². The number of imide groups is 1. The molecule has 1 aliphatic heterocycles. The topological polar surface area (TPSA) is 37.4 Å². The largest absolute Gasteiger partial charge is 0.282 e. The highest BCUT2D eigenvalue weighted by atomic mass is 79.9. The highest BCUT2D eigenvalue weighted by Gasteiger charge is 2.53. The Labute approximate surface area is 136 Å². The monoisotopic (exact) mass is 355 g/mol. The van der Waals surface area contributed by atoms with Crippen LogP contribution in [-0.2, 0) is 9.59 Å². The van der Waals surface area contributed by atoms with Crippen LogP contribution in [0.25, 0.3) is 0 Å². The van der Waals surface area contributed by atoms with Gasteiger partial charge in [0.15, 0.2) is 0 Å². The third-order valence-electron chi connectivity index (χ3n) is 6.10. The Morgan fingerprint density at radius 2 is 1.67 bits per heavy atom.